The lowest BCUT2D eigenvalue weighted by molar-refractivity contribution is 0.556. The molecule has 0 aliphatic rings. The van der Waals surface area contributed by atoms with E-state index in [1.54, 1.807) is 0 Å². The van der Waals surface area contributed by atoms with Gasteiger partial charge in [0.25, 0.3) is 0 Å². The molecule has 17 heavy (non-hydrogen) atoms. The van der Waals surface area contributed by atoms with Crippen LogP contribution in [0.5, 0.6) is 0 Å². The zero-order valence-electron chi connectivity index (χ0n) is 10.3. The third-order valence-electron chi connectivity index (χ3n) is 2.78. The van der Waals surface area contributed by atoms with E-state index in [4.69, 9.17) is 0 Å². The largest absolute Gasteiger partial charge is 0.358 e. The van der Waals surface area contributed by atoms with Gasteiger partial charge in [0, 0.05) is 23.5 Å². The molecule has 1 N–H and O–H groups in total. The Labute approximate surface area is 105 Å². The van der Waals surface area contributed by atoms with Gasteiger partial charge >= 0.3 is 0 Å². The first-order chi connectivity index (χ1) is 8.08. The van der Waals surface area contributed by atoms with E-state index in [0.29, 0.717) is 0 Å². The van der Waals surface area contributed by atoms with Crippen LogP contribution in [0, 0.1) is 6.92 Å². The minimum Gasteiger partial charge on any atom is -0.358 e. The second-order valence-corrected chi connectivity index (χ2v) is 5.51. The fourth-order valence-electron chi connectivity index (χ4n) is 1.67. The van der Waals surface area contributed by atoms with Gasteiger partial charge in [-0.3, -0.25) is 0 Å². The van der Waals surface area contributed by atoms with E-state index < -0.39 is 0 Å². The molecule has 1 aromatic heterocycles. The third kappa shape index (κ3) is 3.00. The van der Waals surface area contributed by atoms with E-state index in [1.807, 2.05) is 0 Å². The zero-order valence-corrected chi connectivity index (χ0v) is 11.1. The van der Waals surface area contributed by atoms with Crippen molar-refractivity contribution in [1.29, 1.82) is 0 Å². The number of nitrogens with one attached hydrogen (secondary N) is 1. The smallest absolute Gasteiger partial charge is 0.225 e. The molecule has 0 bridgehead atoms. The Kier molecular flexibility index (Phi) is 3.38. The summed E-state index contributed by atoms with van der Waals surface area (Å²) in [6.45, 7) is 7.35. The molecular formula is C12H16N4S. The van der Waals surface area contributed by atoms with Crippen molar-refractivity contribution in [3.05, 3.63) is 35.4 Å². The number of anilines is 1. The Morgan fingerprint density at radius 1 is 1.35 bits per heavy atom. The first-order valence-electron chi connectivity index (χ1n) is 5.54. The van der Waals surface area contributed by atoms with Crippen LogP contribution in [-0.2, 0) is 5.41 Å². The predicted octanol–water partition coefficient (Wildman–Crippen LogP) is 2.63. The zero-order chi connectivity index (χ0) is 12.3. The summed E-state index contributed by atoms with van der Waals surface area (Å²) in [5.41, 5.74) is 2.66. The molecule has 0 unspecified atom stereocenters. The molecule has 2 aromatic rings. The fourth-order valence-corrected chi connectivity index (χ4v) is 2.03. The van der Waals surface area contributed by atoms with E-state index >= 15 is 0 Å². The molecule has 0 amide bonds. The number of aromatic nitrogens is 3. The third-order valence-corrected chi connectivity index (χ3v) is 3.33. The van der Waals surface area contributed by atoms with Gasteiger partial charge in [0.2, 0.25) is 5.13 Å². The lowest BCUT2D eigenvalue weighted by atomic mass is 9.84. The summed E-state index contributed by atoms with van der Waals surface area (Å²) in [4.78, 5) is 0. The Balaban J connectivity index is 2.08. The van der Waals surface area contributed by atoms with Crippen LogP contribution in [0.1, 0.15) is 25.0 Å². The van der Waals surface area contributed by atoms with Crippen molar-refractivity contribution in [3.8, 4) is 0 Å². The van der Waals surface area contributed by atoms with Crippen LogP contribution in [0.2, 0.25) is 0 Å². The quantitative estimate of drug-likeness (QED) is 0.903. The number of benzene rings is 1. The van der Waals surface area contributed by atoms with Crippen molar-refractivity contribution in [2.24, 2.45) is 0 Å². The molecule has 5 heteroatoms. The SMILES string of the molecule is Cc1cccc(C(C)(C)CNc2nnns2)c1. The molecule has 2 rings (SSSR count). The molecule has 0 aliphatic carbocycles. The van der Waals surface area contributed by atoms with Crippen LogP contribution in [0.15, 0.2) is 24.3 Å². The van der Waals surface area contributed by atoms with E-state index in [1.165, 1.54) is 22.7 Å². The normalized spacial score (nSPS) is 11.5. The molecule has 0 saturated carbocycles. The van der Waals surface area contributed by atoms with Gasteiger partial charge in [-0.05, 0) is 17.7 Å². The summed E-state index contributed by atoms with van der Waals surface area (Å²) in [6, 6.07) is 8.59. The highest BCUT2D eigenvalue weighted by Gasteiger charge is 2.20. The maximum absolute atomic E-state index is 3.88. The van der Waals surface area contributed by atoms with E-state index in [0.717, 1.165) is 11.7 Å². The molecular weight excluding hydrogens is 232 g/mol. The minimum absolute atomic E-state index is 0.0533. The molecule has 0 aliphatic heterocycles. The summed E-state index contributed by atoms with van der Waals surface area (Å²) in [6.07, 6.45) is 0. The van der Waals surface area contributed by atoms with Crippen molar-refractivity contribution in [1.82, 2.24) is 14.8 Å². The number of aryl methyl sites for hydroxylation is 1. The highest BCUT2D eigenvalue weighted by atomic mass is 32.1. The predicted molar refractivity (Wildman–Crippen MR) is 70.4 cm³/mol. The topological polar surface area (TPSA) is 50.7 Å². The van der Waals surface area contributed by atoms with E-state index in [-0.39, 0.29) is 5.41 Å². The molecule has 1 aromatic carbocycles. The Bertz CT molecular complexity index is 479. The van der Waals surface area contributed by atoms with Crippen LogP contribution >= 0.6 is 11.5 Å². The Morgan fingerprint density at radius 3 is 2.82 bits per heavy atom. The molecule has 0 fully saturated rings. The molecule has 0 radical (unpaired) electrons. The van der Waals surface area contributed by atoms with Gasteiger partial charge in [0.15, 0.2) is 0 Å². The maximum atomic E-state index is 3.88. The van der Waals surface area contributed by atoms with E-state index in [9.17, 15) is 0 Å². The number of hydrogen-bond donors (Lipinski definition) is 1. The van der Waals surface area contributed by atoms with Crippen molar-refractivity contribution in [2.75, 3.05) is 11.9 Å². The maximum Gasteiger partial charge on any atom is 0.225 e. The monoisotopic (exact) mass is 248 g/mol. The van der Waals surface area contributed by atoms with Crippen LogP contribution < -0.4 is 5.32 Å². The van der Waals surface area contributed by atoms with Crippen molar-refractivity contribution in [3.63, 3.8) is 0 Å². The van der Waals surface area contributed by atoms with Gasteiger partial charge in [-0.25, -0.2) is 0 Å². The second kappa shape index (κ2) is 4.79. The van der Waals surface area contributed by atoms with E-state index in [2.05, 4.69) is 65.2 Å². The summed E-state index contributed by atoms with van der Waals surface area (Å²) in [5, 5.41) is 11.5. The molecule has 0 saturated heterocycles. The Morgan fingerprint density at radius 2 is 2.18 bits per heavy atom. The van der Waals surface area contributed by atoms with Gasteiger partial charge in [-0.2, -0.15) is 0 Å². The van der Waals surface area contributed by atoms with Gasteiger partial charge in [-0.15, -0.1) is 0 Å². The van der Waals surface area contributed by atoms with Gasteiger partial charge in [0.05, 0.1) is 0 Å². The average Bonchev–Trinajstić information content (AvgIpc) is 2.79. The highest BCUT2D eigenvalue weighted by Crippen LogP contribution is 2.24. The van der Waals surface area contributed by atoms with Crippen LogP contribution in [0.4, 0.5) is 5.13 Å². The first-order valence-corrected chi connectivity index (χ1v) is 6.31. The van der Waals surface area contributed by atoms with Gasteiger partial charge in [-0.1, -0.05) is 53.3 Å². The highest BCUT2D eigenvalue weighted by molar-refractivity contribution is 7.09. The first kappa shape index (κ1) is 12.0. The van der Waals surface area contributed by atoms with Crippen LogP contribution in [0.25, 0.3) is 0 Å². The molecule has 0 spiro atoms. The summed E-state index contributed by atoms with van der Waals surface area (Å²) >= 11 is 1.28. The standard InChI is InChI=1S/C12H16N4S/c1-9-5-4-6-10(7-9)12(2,3)8-13-11-14-15-16-17-11/h4-7H,8H2,1-3H3,(H,13,14,16). The average molecular weight is 248 g/mol. The number of hydrogen-bond acceptors (Lipinski definition) is 5. The number of rotatable bonds is 4. The molecule has 1 heterocycles. The van der Waals surface area contributed by atoms with Crippen molar-refractivity contribution >= 4 is 16.7 Å². The number of nitrogens with zero attached hydrogens (tertiary/aromatic N) is 3. The van der Waals surface area contributed by atoms with Crippen LogP contribution in [-0.4, -0.2) is 21.3 Å². The van der Waals surface area contributed by atoms with Crippen molar-refractivity contribution < 1.29 is 0 Å². The lowest BCUT2D eigenvalue weighted by Gasteiger charge is -2.25. The second-order valence-electron chi connectivity index (χ2n) is 4.77. The fraction of sp³-hybridized carbons (Fsp3) is 0.417. The Hall–Kier alpha value is -1.49. The van der Waals surface area contributed by atoms with Gasteiger partial charge in [0.1, 0.15) is 0 Å². The lowest BCUT2D eigenvalue weighted by Crippen LogP contribution is -2.27. The molecule has 4 nitrogen and oxygen atoms in total. The minimum atomic E-state index is 0.0533. The van der Waals surface area contributed by atoms with Gasteiger partial charge < -0.3 is 5.32 Å². The van der Waals surface area contributed by atoms with Crippen LogP contribution in [0.3, 0.4) is 0 Å². The molecule has 90 valence electrons. The van der Waals surface area contributed by atoms with Crippen molar-refractivity contribution in [2.45, 2.75) is 26.2 Å². The summed E-state index contributed by atoms with van der Waals surface area (Å²) < 4.78 is 3.73. The summed E-state index contributed by atoms with van der Waals surface area (Å²) in [7, 11) is 0. The molecule has 0 atom stereocenters. The summed E-state index contributed by atoms with van der Waals surface area (Å²) in [5.74, 6) is 0.